The number of amides is 2. The lowest BCUT2D eigenvalue weighted by atomic mass is 10.2. The zero-order valence-electron chi connectivity index (χ0n) is 15.9. The highest BCUT2D eigenvalue weighted by atomic mass is 32.1. The summed E-state index contributed by atoms with van der Waals surface area (Å²) in [5, 5.41) is 12.6. The van der Waals surface area contributed by atoms with Crippen LogP contribution in [0.3, 0.4) is 0 Å². The Labute approximate surface area is 176 Å². The molecule has 0 aliphatic carbocycles. The second-order valence-electron chi connectivity index (χ2n) is 6.45. The van der Waals surface area contributed by atoms with Crippen LogP contribution in [0.5, 0.6) is 0 Å². The maximum Gasteiger partial charge on any atom is 0.291 e. The molecule has 1 aromatic carbocycles. The van der Waals surface area contributed by atoms with E-state index in [1.807, 2.05) is 35.7 Å². The van der Waals surface area contributed by atoms with Crippen LogP contribution in [0.15, 0.2) is 70.9 Å². The van der Waals surface area contributed by atoms with Crippen LogP contribution in [0.25, 0.3) is 11.3 Å². The molecule has 0 fully saturated rings. The number of rotatable bonds is 8. The van der Waals surface area contributed by atoms with Gasteiger partial charge in [0, 0.05) is 30.1 Å². The summed E-state index contributed by atoms with van der Waals surface area (Å²) in [4.78, 5) is 28.7. The fourth-order valence-electron chi connectivity index (χ4n) is 2.79. The number of carbonyl (C=O) groups is 2. The summed E-state index contributed by atoms with van der Waals surface area (Å²) in [5.41, 5.74) is 2.51. The zero-order chi connectivity index (χ0) is 20.8. The maximum absolute atomic E-state index is 12.2. The van der Waals surface area contributed by atoms with Gasteiger partial charge in [0.25, 0.3) is 5.91 Å². The topological polar surface area (TPSA) is 102 Å². The molecule has 0 unspecified atom stereocenters. The lowest BCUT2D eigenvalue weighted by Crippen LogP contribution is -2.29. The summed E-state index contributed by atoms with van der Waals surface area (Å²) in [6.07, 6.45) is 5.16. The molecule has 0 saturated carbocycles. The number of nitrogens with zero attached hydrogens (tertiary/aromatic N) is 3. The van der Waals surface area contributed by atoms with E-state index in [2.05, 4.69) is 20.7 Å². The fraction of sp³-hybridized carbons (Fsp3) is 0.143. The monoisotopic (exact) mass is 421 g/mol. The number of aromatic nitrogens is 3. The summed E-state index contributed by atoms with van der Waals surface area (Å²) >= 11 is 1.58. The average Bonchev–Trinajstić information content (AvgIpc) is 3.51. The third kappa shape index (κ3) is 5.00. The van der Waals surface area contributed by atoms with E-state index < -0.39 is 0 Å². The Morgan fingerprint density at radius 2 is 2.00 bits per heavy atom. The van der Waals surface area contributed by atoms with Crippen LogP contribution in [0.1, 0.15) is 15.6 Å². The predicted octanol–water partition coefficient (Wildman–Crippen LogP) is 3.21. The van der Waals surface area contributed by atoms with Crippen LogP contribution in [0.4, 0.5) is 5.69 Å². The molecule has 152 valence electrons. The van der Waals surface area contributed by atoms with E-state index in [0.29, 0.717) is 18.7 Å². The highest BCUT2D eigenvalue weighted by Gasteiger charge is 2.11. The van der Waals surface area contributed by atoms with Crippen molar-refractivity contribution < 1.29 is 14.0 Å². The lowest BCUT2D eigenvalue weighted by molar-refractivity contribution is -0.121. The molecule has 0 saturated heterocycles. The van der Waals surface area contributed by atoms with Crippen molar-refractivity contribution in [3.05, 3.63) is 77.3 Å². The van der Waals surface area contributed by atoms with Gasteiger partial charge >= 0.3 is 0 Å². The minimum atomic E-state index is -0.373. The van der Waals surface area contributed by atoms with Gasteiger partial charge in [0.1, 0.15) is 6.54 Å². The van der Waals surface area contributed by atoms with Crippen molar-refractivity contribution in [3.63, 3.8) is 0 Å². The van der Waals surface area contributed by atoms with Crippen molar-refractivity contribution in [1.82, 2.24) is 20.1 Å². The first-order chi connectivity index (χ1) is 14.7. The minimum Gasteiger partial charge on any atom is -0.459 e. The summed E-state index contributed by atoms with van der Waals surface area (Å²) in [5.74, 6) is -0.331. The molecule has 0 aliphatic rings. The van der Waals surface area contributed by atoms with E-state index >= 15 is 0 Å². The largest absolute Gasteiger partial charge is 0.459 e. The Kier molecular flexibility index (Phi) is 6.00. The number of benzene rings is 1. The molecule has 2 amide bonds. The van der Waals surface area contributed by atoms with Gasteiger partial charge in [0.2, 0.25) is 5.91 Å². The number of anilines is 1. The highest BCUT2D eigenvalue weighted by Crippen LogP contribution is 2.21. The molecule has 9 heteroatoms. The van der Waals surface area contributed by atoms with Gasteiger partial charge in [0.15, 0.2) is 5.76 Å². The number of hydrogen-bond acceptors (Lipinski definition) is 6. The smallest absolute Gasteiger partial charge is 0.291 e. The number of thiazole rings is 1. The Hall–Kier alpha value is -3.72. The molecule has 0 radical (unpaired) electrons. The van der Waals surface area contributed by atoms with Gasteiger partial charge < -0.3 is 15.1 Å². The van der Waals surface area contributed by atoms with Crippen LogP contribution >= 0.6 is 11.3 Å². The van der Waals surface area contributed by atoms with E-state index in [0.717, 1.165) is 16.3 Å². The van der Waals surface area contributed by atoms with Crippen molar-refractivity contribution in [2.45, 2.75) is 13.0 Å². The number of carbonyl (C=O) groups excluding carboxylic acids is 2. The number of furan rings is 1. The Bertz CT molecular complexity index is 1120. The fourth-order valence-corrected chi connectivity index (χ4v) is 3.60. The van der Waals surface area contributed by atoms with Gasteiger partial charge in [0.05, 0.1) is 28.8 Å². The third-order valence-corrected chi connectivity index (χ3v) is 5.13. The molecule has 3 heterocycles. The Morgan fingerprint density at radius 3 is 2.80 bits per heavy atom. The standard InChI is InChI=1S/C21H19N5O3S/c27-19(13-26-12-16(11-23-26)24-21(28)18-7-4-10-29-18)22-9-8-20-25-17(14-30-20)15-5-2-1-3-6-15/h1-7,10-12,14H,8-9,13H2,(H,22,27)(H,24,28). The van der Waals surface area contributed by atoms with E-state index in [9.17, 15) is 9.59 Å². The molecule has 2 N–H and O–H groups in total. The van der Waals surface area contributed by atoms with Gasteiger partial charge in [-0.3, -0.25) is 14.3 Å². The van der Waals surface area contributed by atoms with E-state index in [1.54, 1.807) is 29.7 Å². The van der Waals surface area contributed by atoms with E-state index in [4.69, 9.17) is 4.42 Å². The van der Waals surface area contributed by atoms with Crippen LogP contribution in [-0.4, -0.2) is 33.1 Å². The molecule has 4 rings (SSSR count). The lowest BCUT2D eigenvalue weighted by Gasteiger charge is -2.04. The first kappa shape index (κ1) is 19.6. The molecule has 4 aromatic rings. The third-order valence-electron chi connectivity index (χ3n) is 4.22. The molecule has 30 heavy (non-hydrogen) atoms. The second-order valence-corrected chi connectivity index (χ2v) is 7.39. The van der Waals surface area contributed by atoms with E-state index in [-0.39, 0.29) is 24.1 Å². The molecular formula is C21H19N5O3S. The van der Waals surface area contributed by atoms with Gasteiger partial charge in [-0.25, -0.2) is 4.98 Å². The molecule has 0 spiro atoms. The van der Waals surface area contributed by atoms with Gasteiger partial charge in [-0.05, 0) is 12.1 Å². The molecule has 8 nitrogen and oxygen atoms in total. The van der Waals surface area contributed by atoms with Crippen LogP contribution in [-0.2, 0) is 17.8 Å². The van der Waals surface area contributed by atoms with Crippen LogP contribution in [0.2, 0.25) is 0 Å². The zero-order valence-corrected chi connectivity index (χ0v) is 16.8. The minimum absolute atomic E-state index is 0.0593. The quantitative estimate of drug-likeness (QED) is 0.455. The molecule has 3 aromatic heterocycles. The van der Waals surface area contributed by atoms with Crippen molar-refractivity contribution in [2.24, 2.45) is 0 Å². The van der Waals surface area contributed by atoms with Gasteiger partial charge in [-0.2, -0.15) is 5.10 Å². The first-order valence-electron chi connectivity index (χ1n) is 9.31. The van der Waals surface area contributed by atoms with Crippen molar-refractivity contribution in [2.75, 3.05) is 11.9 Å². The summed E-state index contributed by atoms with van der Waals surface area (Å²) in [7, 11) is 0. The van der Waals surface area contributed by atoms with Crippen LogP contribution < -0.4 is 10.6 Å². The molecular weight excluding hydrogens is 402 g/mol. The molecule has 0 atom stereocenters. The maximum atomic E-state index is 12.2. The summed E-state index contributed by atoms with van der Waals surface area (Å²) in [6.45, 7) is 0.549. The van der Waals surface area contributed by atoms with Crippen molar-refractivity contribution in [1.29, 1.82) is 0 Å². The Morgan fingerprint density at radius 1 is 1.13 bits per heavy atom. The number of hydrogen-bond donors (Lipinski definition) is 2. The summed E-state index contributed by atoms with van der Waals surface area (Å²) < 4.78 is 6.50. The normalized spacial score (nSPS) is 10.7. The van der Waals surface area contributed by atoms with Crippen molar-refractivity contribution in [3.8, 4) is 11.3 Å². The summed E-state index contributed by atoms with van der Waals surface area (Å²) in [6, 6.07) is 13.2. The SMILES string of the molecule is O=C(Cn1cc(NC(=O)c2ccco2)cn1)NCCc1nc(-c2ccccc2)cs1. The highest BCUT2D eigenvalue weighted by molar-refractivity contribution is 7.09. The second kappa shape index (κ2) is 9.19. The predicted molar refractivity (Wildman–Crippen MR) is 113 cm³/mol. The van der Waals surface area contributed by atoms with Crippen LogP contribution in [0, 0.1) is 0 Å². The van der Waals surface area contributed by atoms with Gasteiger partial charge in [-0.1, -0.05) is 30.3 Å². The molecule has 0 aliphatic heterocycles. The van der Waals surface area contributed by atoms with E-state index in [1.165, 1.54) is 17.1 Å². The first-order valence-corrected chi connectivity index (χ1v) is 10.2. The number of nitrogens with one attached hydrogen (secondary N) is 2. The van der Waals surface area contributed by atoms with Gasteiger partial charge in [-0.15, -0.1) is 11.3 Å². The van der Waals surface area contributed by atoms with Crippen molar-refractivity contribution >= 4 is 28.8 Å². The average molecular weight is 421 g/mol. The molecule has 0 bridgehead atoms. The Balaban J connectivity index is 1.22.